The normalized spacial score (nSPS) is 13.1. The van der Waals surface area contributed by atoms with E-state index >= 15 is 0 Å². The molecule has 4 nitrogen and oxygen atoms in total. The highest BCUT2D eigenvalue weighted by molar-refractivity contribution is 5.89. The van der Waals surface area contributed by atoms with Crippen molar-refractivity contribution < 1.29 is 4.74 Å². The fourth-order valence-electron chi connectivity index (χ4n) is 8.53. The Morgan fingerprint density at radius 3 is 1.54 bits per heavy atom. The minimum absolute atomic E-state index is 0.475. The number of benzene rings is 8. The van der Waals surface area contributed by atoms with E-state index in [4.69, 9.17) is 19.7 Å². The third-order valence-electron chi connectivity index (χ3n) is 11.0. The van der Waals surface area contributed by atoms with Gasteiger partial charge in [-0.3, -0.25) is 0 Å². The van der Waals surface area contributed by atoms with Crippen LogP contribution in [0.25, 0.3) is 67.2 Å². The minimum Gasteiger partial charge on any atom is -0.457 e. The molecule has 11 rings (SSSR count). The van der Waals surface area contributed by atoms with Crippen LogP contribution in [0.3, 0.4) is 0 Å². The summed E-state index contributed by atoms with van der Waals surface area (Å²) in [5.41, 5.74) is 11.9. The van der Waals surface area contributed by atoms with Crippen LogP contribution in [-0.2, 0) is 5.41 Å². The fraction of sp³-hybridized carbons (Fsp3) is 0.0200. The third-order valence-corrected chi connectivity index (χ3v) is 11.0. The van der Waals surface area contributed by atoms with Gasteiger partial charge in [0.15, 0.2) is 17.5 Å². The molecule has 2 aliphatic rings. The Hall–Kier alpha value is -7.17. The highest BCUT2D eigenvalue weighted by Gasteiger charge is 2.50. The van der Waals surface area contributed by atoms with Gasteiger partial charge in [-0.2, -0.15) is 0 Å². The molecule has 0 amide bonds. The Kier molecular flexibility index (Phi) is 6.73. The maximum absolute atomic E-state index is 6.76. The van der Waals surface area contributed by atoms with Crippen LogP contribution in [0.5, 0.6) is 11.5 Å². The van der Waals surface area contributed by atoms with E-state index in [-0.39, 0.29) is 0 Å². The van der Waals surface area contributed by atoms with Gasteiger partial charge in [0.25, 0.3) is 0 Å². The molecule has 0 N–H and O–H groups in total. The zero-order valence-corrected chi connectivity index (χ0v) is 29.1. The number of nitrogens with zero attached hydrogens (tertiary/aromatic N) is 3. The second-order valence-electron chi connectivity index (χ2n) is 14.0. The average molecular weight is 690 g/mol. The standard InChI is InChI=1S/C50H31N3O/c1-2-13-34(14-3-1)47-51-48(53-49(52-47)38-27-24-32-12-4-5-15-36(32)30-38)35-25-22-33(23-26-35)37-28-29-44-46(31-37)54-45-21-11-10-20-43(45)50(44)41-18-8-6-16-39(41)40-17-7-9-19-42(40)50/h1-31H. The van der Waals surface area contributed by atoms with Crippen LogP contribution in [0.2, 0.25) is 0 Å². The first-order valence-corrected chi connectivity index (χ1v) is 18.3. The van der Waals surface area contributed by atoms with Crippen LogP contribution in [-0.4, -0.2) is 15.0 Å². The Labute approximate surface area is 313 Å². The quantitative estimate of drug-likeness (QED) is 0.185. The summed E-state index contributed by atoms with van der Waals surface area (Å²) in [4.78, 5) is 15.0. The van der Waals surface area contributed by atoms with Crippen LogP contribution < -0.4 is 4.74 Å². The summed E-state index contributed by atoms with van der Waals surface area (Å²) >= 11 is 0. The number of para-hydroxylation sites is 1. The molecule has 0 fully saturated rings. The summed E-state index contributed by atoms with van der Waals surface area (Å²) in [7, 11) is 0. The van der Waals surface area contributed by atoms with Crippen molar-refractivity contribution in [3.63, 3.8) is 0 Å². The van der Waals surface area contributed by atoms with E-state index in [0.717, 1.165) is 50.3 Å². The Balaban J connectivity index is 1.01. The van der Waals surface area contributed by atoms with Crippen LogP contribution in [0.15, 0.2) is 188 Å². The molecule has 0 atom stereocenters. The van der Waals surface area contributed by atoms with E-state index < -0.39 is 5.41 Å². The van der Waals surface area contributed by atoms with Crippen LogP contribution >= 0.6 is 0 Å². The molecule has 0 radical (unpaired) electrons. The summed E-state index contributed by atoms with van der Waals surface area (Å²) in [5.74, 6) is 3.67. The summed E-state index contributed by atoms with van der Waals surface area (Å²) in [5, 5.41) is 2.33. The fourth-order valence-corrected chi connectivity index (χ4v) is 8.53. The van der Waals surface area contributed by atoms with Crippen LogP contribution in [0.4, 0.5) is 0 Å². The second-order valence-corrected chi connectivity index (χ2v) is 14.0. The number of fused-ring (bicyclic) bond motifs is 10. The molecule has 1 aliphatic carbocycles. The van der Waals surface area contributed by atoms with Gasteiger partial charge >= 0.3 is 0 Å². The van der Waals surface area contributed by atoms with E-state index in [0.29, 0.717) is 17.5 Å². The van der Waals surface area contributed by atoms with Gasteiger partial charge in [0.05, 0.1) is 5.41 Å². The van der Waals surface area contributed by atoms with Gasteiger partial charge in [0.2, 0.25) is 0 Å². The lowest BCUT2D eigenvalue weighted by Crippen LogP contribution is -2.32. The first kappa shape index (κ1) is 30.5. The van der Waals surface area contributed by atoms with E-state index in [1.165, 1.54) is 33.2 Å². The molecule has 0 saturated heterocycles. The summed E-state index contributed by atoms with van der Waals surface area (Å²) < 4.78 is 6.76. The number of hydrogen-bond donors (Lipinski definition) is 0. The lowest BCUT2D eigenvalue weighted by molar-refractivity contribution is 0.436. The van der Waals surface area contributed by atoms with Crippen molar-refractivity contribution in [3.8, 4) is 67.9 Å². The molecular weight excluding hydrogens is 659 g/mol. The number of aromatic nitrogens is 3. The maximum atomic E-state index is 6.76. The lowest BCUT2D eigenvalue weighted by Gasteiger charge is -2.39. The van der Waals surface area contributed by atoms with E-state index in [9.17, 15) is 0 Å². The molecule has 252 valence electrons. The number of hydrogen-bond acceptors (Lipinski definition) is 4. The van der Waals surface area contributed by atoms with Gasteiger partial charge in [0, 0.05) is 27.8 Å². The van der Waals surface area contributed by atoms with Crippen molar-refractivity contribution in [1.82, 2.24) is 15.0 Å². The minimum atomic E-state index is -0.475. The molecule has 9 aromatic rings. The summed E-state index contributed by atoms with van der Waals surface area (Å²) in [6.07, 6.45) is 0. The highest BCUT2D eigenvalue weighted by Crippen LogP contribution is 2.62. The van der Waals surface area contributed by atoms with Crippen molar-refractivity contribution >= 4 is 10.8 Å². The lowest BCUT2D eigenvalue weighted by atomic mass is 9.66. The van der Waals surface area contributed by atoms with Gasteiger partial charge in [-0.15, -0.1) is 0 Å². The number of ether oxygens (including phenoxy) is 1. The van der Waals surface area contributed by atoms with Gasteiger partial charge in [-0.25, -0.2) is 15.0 Å². The largest absolute Gasteiger partial charge is 0.457 e. The predicted molar refractivity (Wildman–Crippen MR) is 216 cm³/mol. The van der Waals surface area contributed by atoms with E-state index in [1.807, 2.05) is 30.3 Å². The topological polar surface area (TPSA) is 47.9 Å². The monoisotopic (exact) mass is 689 g/mol. The maximum Gasteiger partial charge on any atom is 0.164 e. The molecule has 0 saturated carbocycles. The molecule has 1 aliphatic heterocycles. The SMILES string of the molecule is c1ccc(-c2nc(-c3ccc(-c4ccc5c(c4)Oc4ccccc4C54c5ccccc5-c5ccccc54)cc3)nc(-c3ccc4ccccc4c3)n2)cc1. The van der Waals surface area contributed by atoms with Crippen LogP contribution in [0, 0.1) is 0 Å². The first-order chi connectivity index (χ1) is 26.7. The van der Waals surface area contributed by atoms with E-state index in [2.05, 4.69) is 158 Å². The molecule has 0 bridgehead atoms. The first-order valence-electron chi connectivity index (χ1n) is 18.3. The molecule has 1 aromatic heterocycles. The molecular formula is C50H31N3O. The number of rotatable bonds is 4. The van der Waals surface area contributed by atoms with Crippen LogP contribution in [0.1, 0.15) is 22.3 Å². The van der Waals surface area contributed by atoms with Gasteiger partial charge in [-0.1, -0.05) is 170 Å². The zero-order valence-electron chi connectivity index (χ0n) is 29.1. The average Bonchev–Trinajstić information content (AvgIpc) is 3.54. The van der Waals surface area contributed by atoms with Crippen molar-refractivity contribution in [2.24, 2.45) is 0 Å². The second kappa shape index (κ2) is 11.9. The van der Waals surface area contributed by atoms with Gasteiger partial charge in [-0.05, 0) is 62.4 Å². The van der Waals surface area contributed by atoms with Crippen molar-refractivity contribution in [2.45, 2.75) is 5.41 Å². The Bertz CT molecular complexity index is 2870. The predicted octanol–water partition coefficient (Wildman–Crippen LogP) is 12.2. The molecule has 8 aromatic carbocycles. The van der Waals surface area contributed by atoms with Gasteiger partial charge in [0.1, 0.15) is 11.5 Å². The molecule has 2 heterocycles. The van der Waals surface area contributed by atoms with Crippen molar-refractivity contribution in [1.29, 1.82) is 0 Å². The summed E-state index contributed by atoms with van der Waals surface area (Å²) in [6.45, 7) is 0. The van der Waals surface area contributed by atoms with Crippen molar-refractivity contribution in [2.75, 3.05) is 0 Å². The highest BCUT2D eigenvalue weighted by atomic mass is 16.5. The molecule has 4 heteroatoms. The zero-order chi connectivity index (χ0) is 35.6. The molecule has 54 heavy (non-hydrogen) atoms. The Morgan fingerprint density at radius 1 is 0.315 bits per heavy atom. The van der Waals surface area contributed by atoms with Crippen molar-refractivity contribution in [3.05, 3.63) is 210 Å². The smallest absolute Gasteiger partial charge is 0.164 e. The third kappa shape index (κ3) is 4.60. The Morgan fingerprint density at radius 2 is 0.815 bits per heavy atom. The molecule has 0 unspecified atom stereocenters. The van der Waals surface area contributed by atoms with E-state index in [1.54, 1.807) is 0 Å². The molecule has 1 spiro atoms. The summed E-state index contributed by atoms with van der Waals surface area (Å²) in [6, 6.07) is 66.1. The van der Waals surface area contributed by atoms with Gasteiger partial charge < -0.3 is 4.74 Å².